The van der Waals surface area contributed by atoms with Gasteiger partial charge in [-0.1, -0.05) is 37.4 Å². The zero-order chi connectivity index (χ0) is 19.8. The maximum absolute atomic E-state index is 11.2. The normalized spacial score (nSPS) is 11.0. The van der Waals surface area contributed by atoms with Crippen LogP contribution in [0.1, 0.15) is 13.8 Å². The van der Waals surface area contributed by atoms with Gasteiger partial charge in [-0.2, -0.15) is 0 Å². The monoisotopic (exact) mass is 364 g/mol. The molecule has 0 radical (unpaired) electrons. The molecule has 2 aromatic rings. The van der Waals surface area contributed by atoms with Crippen molar-refractivity contribution in [3.05, 3.63) is 85.4 Å². The van der Waals surface area contributed by atoms with E-state index in [-0.39, 0.29) is 0 Å². The van der Waals surface area contributed by atoms with Gasteiger partial charge in [0.25, 0.3) is 0 Å². The third kappa shape index (κ3) is 5.71. The lowest BCUT2D eigenvalue weighted by Gasteiger charge is -2.10. The van der Waals surface area contributed by atoms with Gasteiger partial charge in [-0.15, -0.1) is 0 Å². The molecule has 5 nitrogen and oxygen atoms in total. The van der Waals surface area contributed by atoms with Gasteiger partial charge < -0.3 is 14.2 Å². The molecule has 0 saturated carbocycles. The van der Waals surface area contributed by atoms with Crippen LogP contribution in [0, 0.1) is 0 Å². The first-order valence-corrected chi connectivity index (χ1v) is 8.17. The van der Waals surface area contributed by atoms with E-state index in [4.69, 9.17) is 14.2 Å². The van der Waals surface area contributed by atoms with Gasteiger partial charge in [0, 0.05) is 12.2 Å². The van der Waals surface area contributed by atoms with E-state index in [1.807, 2.05) is 36.4 Å². The van der Waals surface area contributed by atoms with Crippen LogP contribution < -0.4 is 9.47 Å². The highest BCUT2D eigenvalue weighted by Gasteiger charge is 2.06. The maximum Gasteiger partial charge on any atom is 0.335 e. The summed E-state index contributed by atoms with van der Waals surface area (Å²) in [5.41, 5.74) is 1.93. The lowest BCUT2D eigenvalue weighted by atomic mass is 10.1. The molecule has 0 spiro atoms. The summed E-state index contributed by atoms with van der Waals surface area (Å²) in [5.74, 6) is 0.880. The number of ether oxygens (including phenoxy) is 3. The molecule has 2 aromatic carbocycles. The molecule has 0 aliphatic rings. The summed E-state index contributed by atoms with van der Waals surface area (Å²) in [7, 11) is 0. The van der Waals surface area contributed by atoms with Gasteiger partial charge in [0.15, 0.2) is 0 Å². The Kier molecular flexibility index (Phi) is 6.72. The van der Waals surface area contributed by atoms with Crippen molar-refractivity contribution in [2.75, 3.05) is 0 Å². The van der Waals surface area contributed by atoms with Crippen molar-refractivity contribution in [2.24, 2.45) is 0 Å². The summed E-state index contributed by atoms with van der Waals surface area (Å²) < 4.78 is 15.8. The third-order valence-corrected chi connectivity index (χ3v) is 3.61. The molecule has 0 unspecified atom stereocenters. The lowest BCUT2D eigenvalue weighted by Crippen LogP contribution is -2.03. The minimum atomic E-state index is -0.534. The van der Waals surface area contributed by atoms with E-state index in [1.165, 1.54) is 0 Å². The van der Waals surface area contributed by atoms with E-state index in [0.717, 1.165) is 23.3 Å². The molecule has 138 valence electrons. The summed E-state index contributed by atoms with van der Waals surface area (Å²) in [6, 6.07) is 14.6. The number of carbonyl (C=O) groups is 2. The maximum atomic E-state index is 11.2. The molecule has 0 atom stereocenters. The van der Waals surface area contributed by atoms with Crippen molar-refractivity contribution in [3.63, 3.8) is 0 Å². The number of benzene rings is 2. The van der Waals surface area contributed by atoms with E-state index in [1.54, 1.807) is 26.0 Å². The SMILES string of the molecule is C=CC(=O)OC(C)=C(C)Oc1ccc(-c2ccc(OC(=O)C=C)cc2)cc1. The van der Waals surface area contributed by atoms with Gasteiger partial charge >= 0.3 is 11.9 Å². The van der Waals surface area contributed by atoms with Crippen LogP contribution in [-0.2, 0) is 14.3 Å². The van der Waals surface area contributed by atoms with E-state index >= 15 is 0 Å². The molecule has 0 N–H and O–H groups in total. The molecular weight excluding hydrogens is 344 g/mol. The van der Waals surface area contributed by atoms with E-state index in [0.29, 0.717) is 23.0 Å². The molecular formula is C22H20O5. The Morgan fingerprint density at radius 3 is 1.59 bits per heavy atom. The van der Waals surface area contributed by atoms with Crippen molar-refractivity contribution in [1.82, 2.24) is 0 Å². The molecule has 27 heavy (non-hydrogen) atoms. The summed E-state index contributed by atoms with van der Waals surface area (Å²) in [6.07, 6.45) is 2.21. The topological polar surface area (TPSA) is 61.8 Å². The zero-order valence-electron chi connectivity index (χ0n) is 15.2. The fourth-order valence-corrected chi connectivity index (χ4v) is 2.10. The second-order valence-electron chi connectivity index (χ2n) is 5.51. The van der Waals surface area contributed by atoms with Gasteiger partial charge in [0.2, 0.25) is 0 Å². The van der Waals surface area contributed by atoms with Crippen LogP contribution in [0.2, 0.25) is 0 Å². The van der Waals surface area contributed by atoms with Gasteiger partial charge in [-0.25, -0.2) is 9.59 Å². The molecule has 0 saturated heterocycles. The van der Waals surface area contributed by atoms with Crippen molar-refractivity contribution in [1.29, 1.82) is 0 Å². The van der Waals surface area contributed by atoms with Gasteiger partial charge in [0.05, 0.1) is 0 Å². The van der Waals surface area contributed by atoms with Gasteiger partial charge in [0.1, 0.15) is 23.0 Å². The minimum Gasteiger partial charge on any atom is -0.459 e. The predicted molar refractivity (Wildman–Crippen MR) is 103 cm³/mol. The number of allylic oxidation sites excluding steroid dienone is 2. The first-order valence-electron chi connectivity index (χ1n) is 8.17. The highest BCUT2D eigenvalue weighted by molar-refractivity contribution is 5.83. The molecule has 2 rings (SSSR count). The van der Waals surface area contributed by atoms with Crippen molar-refractivity contribution in [3.8, 4) is 22.6 Å². The third-order valence-electron chi connectivity index (χ3n) is 3.61. The highest BCUT2D eigenvalue weighted by atomic mass is 16.6. The average molecular weight is 364 g/mol. The van der Waals surface area contributed by atoms with Crippen molar-refractivity contribution >= 4 is 11.9 Å². The minimum absolute atomic E-state index is 0.369. The Labute approximate surface area is 158 Å². The lowest BCUT2D eigenvalue weighted by molar-refractivity contribution is -0.134. The smallest absolute Gasteiger partial charge is 0.335 e. The number of hydrogen-bond donors (Lipinski definition) is 0. The fraction of sp³-hybridized carbons (Fsp3) is 0.0909. The van der Waals surface area contributed by atoms with Crippen LogP contribution in [0.3, 0.4) is 0 Å². The Morgan fingerprint density at radius 2 is 1.15 bits per heavy atom. The van der Waals surface area contributed by atoms with E-state index in [9.17, 15) is 9.59 Å². The zero-order valence-corrected chi connectivity index (χ0v) is 15.2. The van der Waals surface area contributed by atoms with Crippen LogP contribution in [0.4, 0.5) is 0 Å². The first kappa shape index (κ1) is 19.7. The molecule has 0 heterocycles. The second kappa shape index (κ2) is 9.20. The van der Waals surface area contributed by atoms with Gasteiger partial charge in [-0.05, 0) is 49.2 Å². The molecule has 5 heteroatoms. The summed E-state index contributed by atoms with van der Waals surface area (Å²) in [5, 5.41) is 0. The number of hydrogen-bond acceptors (Lipinski definition) is 5. The molecule has 0 fully saturated rings. The Hall–Kier alpha value is -3.60. The standard InChI is InChI=1S/C22H20O5/c1-5-21(23)26-16(4)15(3)25-19-11-7-17(8-12-19)18-9-13-20(14-10-18)27-22(24)6-2/h5-14H,1-2H2,3-4H3. The van der Waals surface area contributed by atoms with Crippen LogP contribution in [-0.4, -0.2) is 11.9 Å². The molecule has 0 amide bonds. The predicted octanol–water partition coefficient (Wildman–Crippen LogP) is 4.80. The quantitative estimate of drug-likeness (QED) is 0.305. The van der Waals surface area contributed by atoms with Crippen molar-refractivity contribution < 1.29 is 23.8 Å². The van der Waals surface area contributed by atoms with Gasteiger partial charge in [-0.3, -0.25) is 0 Å². The molecule has 0 aliphatic carbocycles. The van der Waals surface area contributed by atoms with Crippen LogP contribution in [0.25, 0.3) is 11.1 Å². The molecule has 0 bridgehead atoms. The Bertz CT molecular complexity index is 874. The number of esters is 2. The van der Waals surface area contributed by atoms with Crippen LogP contribution in [0.15, 0.2) is 85.4 Å². The number of carbonyl (C=O) groups excluding carboxylic acids is 2. The largest absolute Gasteiger partial charge is 0.459 e. The van der Waals surface area contributed by atoms with Crippen molar-refractivity contribution in [2.45, 2.75) is 13.8 Å². The van der Waals surface area contributed by atoms with Crippen LogP contribution >= 0.6 is 0 Å². The Balaban J connectivity index is 2.07. The summed E-state index contributed by atoms with van der Waals surface area (Å²) in [4.78, 5) is 22.4. The number of rotatable bonds is 7. The fourth-order valence-electron chi connectivity index (χ4n) is 2.10. The molecule has 0 aliphatic heterocycles. The van der Waals surface area contributed by atoms with E-state index in [2.05, 4.69) is 13.2 Å². The second-order valence-corrected chi connectivity index (χ2v) is 5.51. The summed E-state index contributed by atoms with van der Waals surface area (Å²) in [6.45, 7) is 10.1. The highest BCUT2D eigenvalue weighted by Crippen LogP contribution is 2.25. The average Bonchev–Trinajstić information content (AvgIpc) is 2.68. The first-order chi connectivity index (χ1) is 12.9. The summed E-state index contributed by atoms with van der Waals surface area (Å²) >= 11 is 0. The van der Waals surface area contributed by atoms with Crippen LogP contribution in [0.5, 0.6) is 11.5 Å². The molecule has 0 aromatic heterocycles. The Morgan fingerprint density at radius 1 is 0.704 bits per heavy atom. The van der Waals surface area contributed by atoms with E-state index < -0.39 is 11.9 Å².